The molecule has 1 atom stereocenters. The van der Waals surface area contributed by atoms with Gasteiger partial charge in [0.15, 0.2) is 0 Å². The molecule has 24 heavy (non-hydrogen) atoms. The van der Waals surface area contributed by atoms with Gasteiger partial charge in [0.1, 0.15) is 0 Å². The molecule has 0 radical (unpaired) electrons. The topological polar surface area (TPSA) is 3.24 Å². The van der Waals surface area contributed by atoms with E-state index in [4.69, 9.17) is 0 Å². The minimum atomic E-state index is -0.0663. The minimum Gasteiger partial charge on any atom is -0.377 e. The quantitative estimate of drug-likeness (QED) is 0.615. The van der Waals surface area contributed by atoms with E-state index >= 15 is 0 Å². The van der Waals surface area contributed by atoms with Crippen LogP contribution >= 0.6 is 7.92 Å². The lowest BCUT2D eigenvalue weighted by molar-refractivity contribution is 0.512. The van der Waals surface area contributed by atoms with Gasteiger partial charge >= 0.3 is 0 Å². The summed E-state index contributed by atoms with van der Waals surface area (Å²) in [6.45, 7) is 2.40. The van der Waals surface area contributed by atoms with Crippen molar-refractivity contribution in [2.45, 2.75) is 44.7 Å². The average Bonchev–Trinajstić information content (AvgIpc) is 2.64. The molecule has 0 amide bonds. The van der Waals surface area contributed by atoms with Gasteiger partial charge < -0.3 is 4.90 Å². The molecule has 1 aliphatic carbocycles. The maximum Gasteiger partial charge on any atom is 0.0440 e. The summed E-state index contributed by atoms with van der Waals surface area (Å²) in [7, 11) is 4.22. The fourth-order valence-corrected chi connectivity index (χ4v) is 7.08. The predicted octanol–water partition coefficient (Wildman–Crippen LogP) is 5.88. The predicted molar refractivity (Wildman–Crippen MR) is 110 cm³/mol. The Morgan fingerprint density at radius 2 is 1.50 bits per heavy atom. The van der Waals surface area contributed by atoms with Gasteiger partial charge in [-0.1, -0.05) is 76.6 Å². The van der Waals surface area contributed by atoms with Gasteiger partial charge in [-0.05, 0) is 41.6 Å². The first-order valence-electron chi connectivity index (χ1n) is 9.34. The third-order valence-electron chi connectivity index (χ3n) is 5.25. The molecule has 0 aromatic heterocycles. The molecule has 0 N–H and O–H groups in total. The van der Waals surface area contributed by atoms with Crippen LogP contribution in [0.5, 0.6) is 0 Å². The third-order valence-corrected chi connectivity index (χ3v) is 8.33. The molecular weight excluding hydrogens is 309 g/mol. The number of hydrogen-bond acceptors (Lipinski definition) is 1. The first-order chi connectivity index (χ1) is 11.7. The summed E-state index contributed by atoms with van der Waals surface area (Å²) in [5.41, 5.74) is 5.08. The van der Waals surface area contributed by atoms with Gasteiger partial charge in [-0.3, -0.25) is 0 Å². The smallest absolute Gasteiger partial charge is 0.0440 e. The summed E-state index contributed by atoms with van der Waals surface area (Å²) in [5, 5.41) is 1.62. The zero-order valence-corrected chi connectivity index (χ0v) is 16.2. The Labute approximate surface area is 148 Å². The molecule has 0 spiro atoms. The molecule has 2 aromatic carbocycles. The Kier molecular flexibility index (Phi) is 5.95. The van der Waals surface area contributed by atoms with Crippen molar-refractivity contribution in [1.29, 1.82) is 0 Å². The highest BCUT2D eigenvalue weighted by Crippen LogP contribution is 2.49. The molecule has 2 aromatic rings. The Morgan fingerprint density at radius 1 is 0.875 bits per heavy atom. The van der Waals surface area contributed by atoms with Crippen LogP contribution in [0.15, 0.2) is 48.5 Å². The van der Waals surface area contributed by atoms with Gasteiger partial charge in [0.2, 0.25) is 0 Å². The van der Waals surface area contributed by atoms with Crippen LogP contribution in [0.25, 0.3) is 11.1 Å². The van der Waals surface area contributed by atoms with Crippen LogP contribution in [-0.4, -0.2) is 25.9 Å². The average molecular weight is 339 g/mol. The highest BCUT2D eigenvalue weighted by atomic mass is 31.1. The van der Waals surface area contributed by atoms with Crippen molar-refractivity contribution in [2.75, 3.05) is 25.2 Å². The Bertz CT molecular complexity index is 659. The minimum absolute atomic E-state index is 0.0663. The van der Waals surface area contributed by atoms with Gasteiger partial charge in [0.05, 0.1) is 0 Å². The van der Waals surface area contributed by atoms with Crippen LogP contribution in [0.3, 0.4) is 0 Å². The largest absolute Gasteiger partial charge is 0.377 e. The summed E-state index contributed by atoms with van der Waals surface area (Å²) >= 11 is 0. The normalized spacial score (nSPS) is 16.8. The molecule has 1 unspecified atom stereocenters. The van der Waals surface area contributed by atoms with E-state index in [0.29, 0.717) is 0 Å². The lowest BCUT2D eigenvalue weighted by Crippen LogP contribution is -2.20. The molecule has 128 valence electrons. The molecule has 0 aliphatic heterocycles. The van der Waals surface area contributed by atoms with Crippen LogP contribution in [-0.2, 0) is 0 Å². The molecule has 0 saturated heterocycles. The van der Waals surface area contributed by atoms with Crippen molar-refractivity contribution in [3.63, 3.8) is 0 Å². The first kappa shape index (κ1) is 17.5. The van der Waals surface area contributed by atoms with Crippen LogP contribution < -0.4 is 10.2 Å². The van der Waals surface area contributed by atoms with Crippen molar-refractivity contribution < 1.29 is 0 Å². The summed E-state index contributed by atoms with van der Waals surface area (Å²) in [4.78, 5) is 2.24. The number of hydrogen-bond donors (Lipinski definition) is 0. The number of nitrogens with zero attached hydrogens (tertiary/aromatic N) is 1. The summed E-state index contributed by atoms with van der Waals surface area (Å²) in [5.74, 6) is 0. The Balaban J connectivity index is 2.04. The molecule has 1 saturated carbocycles. The maximum absolute atomic E-state index is 2.41. The van der Waals surface area contributed by atoms with Gasteiger partial charge in [-0.2, -0.15) is 0 Å². The van der Waals surface area contributed by atoms with Crippen LogP contribution in [0.2, 0.25) is 0 Å². The Morgan fingerprint density at radius 3 is 2.17 bits per heavy atom. The first-order valence-corrected chi connectivity index (χ1v) is 10.9. The van der Waals surface area contributed by atoms with Crippen molar-refractivity contribution in [3.05, 3.63) is 48.5 Å². The van der Waals surface area contributed by atoms with Crippen molar-refractivity contribution in [2.24, 2.45) is 0 Å². The second kappa shape index (κ2) is 8.17. The monoisotopic (exact) mass is 339 g/mol. The maximum atomic E-state index is 2.41. The van der Waals surface area contributed by atoms with E-state index in [1.807, 2.05) is 0 Å². The van der Waals surface area contributed by atoms with Crippen molar-refractivity contribution in [1.82, 2.24) is 0 Å². The van der Waals surface area contributed by atoms with E-state index in [2.05, 4.69) is 74.4 Å². The molecule has 1 aliphatic rings. The van der Waals surface area contributed by atoms with E-state index < -0.39 is 0 Å². The second-order valence-electron chi connectivity index (χ2n) is 7.01. The highest BCUT2D eigenvalue weighted by molar-refractivity contribution is 7.66. The van der Waals surface area contributed by atoms with E-state index in [0.717, 1.165) is 5.66 Å². The fourth-order valence-electron chi connectivity index (χ4n) is 4.06. The number of rotatable bonds is 5. The van der Waals surface area contributed by atoms with E-state index in [1.54, 1.807) is 5.30 Å². The number of anilines is 1. The molecule has 1 nitrogen and oxygen atoms in total. The number of para-hydroxylation sites is 1. The summed E-state index contributed by atoms with van der Waals surface area (Å²) in [6, 6.07) is 18.0. The number of benzene rings is 2. The van der Waals surface area contributed by atoms with Crippen LogP contribution in [0.1, 0.15) is 39.0 Å². The van der Waals surface area contributed by atoms with Crippen molar-refractivity contribution >= 4 is 18.9 Å². The second-order valence-corrected chi connectivity index (χ2v) is 9.79. The SMILES string of the molecule is CCP(c1ccccc1-c1ccccc1N(C)C)C1CCCCC1. The summed E-state index contributed by atoms with van der Waals surface area (Å²) in [6.07, 6.45) is 8.47. The zero-order chi connectivity index (χ0) is 16.9. The van der Waals surface area contributed by atoms with E-state index in [9.17, 15) is 0 Å². The van der Waals surface area contributed by atoms with Crippen LogP contribution in [0.4, 0.5) is 5.69 Å². The van der Waals surface area contributed by atoms with Gasteiger partial charge in [-0.25, -0.2) is 0 Å². The summed E-state index contributed by atoms with van der Waals surface area (Å²) < 4.78 is 0. The molecular formula is C22H30NP. The fraction of sp³-hybridized carbons (Fsp3) is 0.455. The molecule has 1 fully saturated rings. The third kappa shape index (κ3) is 3.67. The van der Waals surface area contributed by atoms with Crippen LogP contribution in [0, 0.1) is 0 Å². The van der Waals surface area contributed by atoms with Gasteiger partial charge in [-0.15, -0.1) is 0 Å². The Hall–Kier alpha value is -1.33. The van der Waals surface area contributed by atoms with E-state index in [-0.39, 0.29) is 7.92 Å². The van der Waals surface area contributed by atoms with Crippen molar-refractivity contribution in [3.8, 4) is 11.1 Å². The highest BCUT2D eigenvalue weighted by Gasteiger charge is 2.25. The molecule has 0 heterocycles. The van der Waals surface area contributed by atoms with E-state index in [1.165, 1.54) is 55.1 Å². The lowest BCUT2D eigenvalue weighted by Gasteiger charge is -2.32. The lowest BCUT2D eigenvalue weighted by atomic mass is 10.0. The van der Waals surface area contributed by atoms with Gasteiger partial charge in [0.25, 0.3) is 0 Å². The zero-order valence-electron chi connectivity index (χ0n) is 15.3. The molecule has 2 heteroatoms. The standard InChI is InChI=1S/C22H30NP/c1-4-24(18-12-6-5-7-13-18)22-17-11-9-15-20(22)19-14-8-10-16-21(19)23(2)3/h8-11,14-18H,4-7,12-13H2,1-3H3. The van der Waals surface area contributed by atoms with Gasteiger partial charge in [0, 0.05) is 25.3 Å². The molecule has 0 bridgehead atoms. The molecule has 3 rings (SSSR count).